The molecular weight excluding hydrogens is 656 g/mol. The Kier molecular flexibility index (Phi) is 16.7. The maximum Gasteiger partial charge on any atom is 0.336 e. The Morgan fingerprint density at radius 3 is 0.827 bits per heavy atom. The van der Waals surface area contributed by atoms with E-state index < -0.39 is 11.9 Å². The minimum absolute atomic E-state index is 0.265. The number of unbranched alkanes of at least 4 members (excludes halogenated alkanes) is 12. The number of ether oxygens (including phenoxy) is 4. The van der Waals surface area contributed by atoms with E-state index in [1.54, 1.807) is 0 Å². The molecule has 0 saturated heterocycles. The highest BCUT2D eigenvalue weighted by molar-refractivity contribution is 6.28. The number of carboxylic acid groups (broad SMARTS) is 2. The maximum absolute atomic E-state index is 12.4. The summed E-state index contributed by atoms with van der Waals surface area (Å²) in [5.74, 6) is -0.125. The van der Waals surface area contributed by atoms with Gasteiger partial charge in [0.25, 0.3) is 0 Å². The van der Waals surface area contributed by atoms with Crippen LogP contribution >= 0.6 is 0 Å². The first-order valence-corrected chi connectivity index (χ1v) is 19.9. The molecule has 0 aliphatic rings. The van der Waals surface area contributed by atoms with E-state index in [1.807, 2.05) is 24.3 Å². The number of aromatic carboxylic acids is 2. The van der Waals surface area contributed by atoms with Crippen LogP contribution in [0.25, 0.3) is 32.3 Å². The van der Waals surface area contributed by atoms with Crippen LogP contribution in [0.3, 0.4) is 0 Å². The third-order valence-electron chi connectivity index (χ3n) is 9.68. The first kappa shape index (κ1) is 40.6. The average Bonchev–Trinajstić information content (AvgIpc) is 3.14. The van der Waals surface area contributed by atoms with E-state index in [0.717, 1.165) is 124 Å². The molecule has 0 aliphatic heterocycles. The van der Waals surface area contributed by atoms with Crippen molar-refractivity contribution < 1.29 is 38.7 Å². The molecule has 4 rings (SSSR count). The van der Waals surface area contributed by atoms with Gasteiger partial charge in [0.1, 0.15) is 0 Å². The van der Waals surface area contributed by atoms with Gasteiger partial charge in [-0.05, 0) is 94.4 Å². The number of carboxylic acids is 2. The highest BCUT2D eigenvalue weighted by atomic mass is 16.5. The van der Waals surface area contributed by atoms with Crippen LogP contribution in [0, 0.1) is 0 Å². The molecule has 0 bridgehead atoms. The number of benzene rings is 4. The van der Waals surface area contributed by atoms with Crippen molar-refractivity contribution in [2.24, 2.45) is 0 Å². The van der Waals surface area contributed by atoms with Gasteiger partial charge in [-0.2, -0.15) is 0 Å². The van der Waals surface area contributed by atoms with Crippen LogP contribution < -0.4 is 18.9 Å². The summed E-state index contributed by atoms with van der Waals surface area (Å²) < 4.78 is 25.6. The molecule has 284 valence electrons. The minimum Gasteiger partial charge on any atom is -0.490 e. The molecule has 0 spiro atoms. The molecule has 0 unspecified atom stereocenters. The topological polar surface area (TPSA) is 112 Å². The third kappa shape index (κ3) is 10.9. The van der Waals surface area contributed by atoms with Gasteiger partial charge < -0.3 is 29.2 Å². The molecule has 2 N–H and O–H groups in total. The Hall–Kier alpha value is -4.20. The second-order valence-corrected chi connectivity index (χ2v) is 13.9. The molecule has 0 amide bonds. The summed E-state index contributed by atoms with van der Waals surface area (Å²) in [6, 6.07) is 10.9. The van der Waals surface area contributed by atoms with Crippen LogP contribution in [-0.2, 0) is 0 Å². The van der Waals surface area contributed by atoms with Gasteiger partial charge in [0.2, 0.25) is 0 Å². The van der Waals surface area contributed by atoms with Gasteiger partial charge in [-0.1, -0.05) is 105 Å². The second-order valence-electron chi connectivity index (χ2n) is 13.9. The lowest BCUT2D eigenvalue weighted by Gasteiger charge is -2.20. The predicted molar refractivity (Wildman–Crippen MR) is 211 cm³/mol. The molecule has 0 aliphatic carbocycles. The van der Waals surface area contributed by atoms with Crippen molar-refractivity contribution in [3.8, 4) is 23.0 Å². The minimum atomic E-state index is -1.30. The predicted octanol–water partition coefficient (Wildman–Crippen LogP) is 12.4. The SMILES string of the molecule is CCCCCCOc1cc2c3cc(OCCCCCC)c(OCCCCCC)cc3c3cc(C(=O)O)c(C(=O)O)cc3c2cc1OCCCCCC. The van der Waals surface area contributed by atoms with Crippen LogP contribution in [0.4, 0.5) is 0 Å². The first-order chi connectivity index (χ1) is 25.3. The molecule has 0 fully saturated rings. The lowest BCUT2D eigenvalue weighted by Crippen LogP contribution is -2.08. The maximum atomic E-state index is 12.4. The van der Waals surface area contributed by atoms with Crippen molar-refractivity contribution in [2.45, 2.75) is 130 Å². The second kappa shape index (κ2) is 21.4. The zero-order valence-electron chi connectivity index (χ0n) is 32.0. The van der Waals surface area contributed by atoms with Gasteiger partial charge in [-0.15, -0.1) is 0 Å². The average molecular weight is 717 g/mol. The summed E-state index contributed by atoms with van der Waals surface area (Å²) in [5.41, 5.74) is -0.531. The molecule has 4 aromatic rings. The van der Waals surface area contributed by atoms with Crippen molar-refractivity contribution in [1.29, 1.82) is 0 Å². The van der Waals surface area contributed by atoms with Crippen LogP contribution in [0.2, 0.25) is 0 Å². The van der Waals surface area contributed by atoms with Crippen molar-refractivity contribution >= 4 is 44.3 Å². The quantitative estimate of drug-likeness (QED) is 0.0488. The lowest BCUT2D eigenvalue weighted by molar-refractivity contribution is 0.0652. The van der Waals surface area contributed by atoms with E-state index in [9.17, 15) is 19.8 Å². The largest absolute Gasteiger partial charge is 0.490 e. The highest BCUT2D eigenvalue weighted by Crippen LogP contribution is 2.45. The fourth-order valence-electron chi connectivity index (χ4n) is 6.71. The molecule has 0 radical (unpaired) electrons. The van der Waals surface area contributed by atoms with E-state index in [1.165, 1.54) is 12.1 Å². The summed E-state index contributed by atoms with van der Waals surface area (Å²) in [4.78, 5) is 24.9. The summed E-state index contributed by atoms with van der Waals surface area (Å²) in [5, 5.41) is 24.7. The van der Waals surface area contributed by atoms with Crippen LogP contribution in [0.1, 0.15) is 151 Å². The summed E-state index contributed by atoms with van der Waals surface area (Å²) in [6.07, 6.45) is 17.0. The van der Waals surface area contributed by atoms with Crippen molar-refractivity contribution in [2.75, 3.05) is 26.4 Å². The lowest BCUT2D eigenvalue weighted by atomic mass is 9.90. The van der Waals surface area contributed by atoms with E-state index in [-0.39, 0.29) is 11.1 Å². The molecule has 4 aromatic carbocycles. The summed E-state index contributed by atoms with van der Waals surface area (Å²) in [7, 11) is 0. The summed E-state index contributed by atoms with van der Waals surface area (Å²) >= 11 is 0. The Balaban J connectivity index is 1.97. The Bertz CT molecular complexity index is 1630. The van der Waals surface area contributed by atoms with Crippen molar-refractivity contribution in [3.05, 3.63) is 47.5 Å². The molecule has 8 heteroatoms. The number of fused-ring (bicyclic) bond motifs is 6. The Labute approximate surface area is 309 Å². The van der Waals surface area contributed by atoms with Gasteiger partial charge in [0.15, 0.2) is 23.0 Å². The molecular formula is C44H60O8. The van der Waals surface area contributed by atoms with E-state index in [0.29, 0.717) is 60.2 Å². The fourth-order valence-corrected chi connectivity index (χ4v) is 6.71. The van der Waals surface area contributed by atoms with Crippen LogP contribution in [-0.4, -0.2) is 48.6 Å². The number of hydrogen-bond acceptors (Lipinski definition) is 6. The Morgan fingerprint density at radius 2 is 0.615 bits per heavy atom. The molecule has 0 atom stereocenters. The van der Waals surface area contributed by atoms with Gasteiger partial charge >= 0.3 is 11.9 Å². The van der Waals surface area contributed by atoms with Gasteiger partial charge in [0.05, 0.1) is 37.6 Å². The first-order valence-electron chi connectivity index (χ1n) is 19.9. The van der Waals surface area contributed by atoms with Crippen LogP contribution in [0.5, 0.6) is 23.0 Å². The van der Waals surface area contributed by atoms with E-state index in [4.69, 9.17) is 18.9 Å². The fraction of sp³-hybridized carbons (Fsp3) is 0.545. The van der Waals surface area contributed by atoms with Gasteiger partial charge in [-0.3, -0.25) is 0 Å². The van der Waals surface area contributed by atoms with Crippen LogP contribution in [0.15, 0.2) is 36.4 Å². The summed E-state index contributed by atoms with van der Waals surface area (Å²) in [6.45, 7) is 10.9. The Morgan fingerprint density at radius 1 is 0.385 bits per heavy atom. The van der Waals surface area contributed by atoms with Gasteiger partial charge in [0, 0.05) is 0 Å². The van der Waals surface area contributed by atoms with Crippen molar-refractivity contribution in [1.82, 2.24) is 0 Å². The van der Waals surface area contributed by atoms with E-state index in [2.05, 4.69) is 27.7 Å². The monoisotopic (exact) mass is 716 g/mol. The normalized spacial score (nSPS) is 11.4. The van der Waals surface area contributed by atoms with Crippen molar-refractivity contribution in [3.63, 3.8) is 0 Å². The number of carbonyl (C=O) groups is 2. The molecule has 0 saturated carbocycles. The third-order valence-corrected chi connectivity index (χ3v) is 9.68. The number of rotatable bonds is 26. The smallest absolute Gasteiger partial charge is 0.336 e. The number of hydrogen-bond donors (Lipinski definition) is 2. The zero-order chi connectivity index (χ0) is 37.3. The standard InChI is InChI=1S/C44H60O8/c1-5-9-13-17-21-49-39-27-33-31-25-37(43(45)46)38(44(47)48)26-32(31)34-28-40(50-22-18-14-10-6-2)42(52-24-20-16-12-8-4)30-36(34)35(33)29-41(39)51-23-19-15-11-7-3/h25-30H,5-24H2,1-4H3,(H,45,46)(H,47,48). The molecule has 0 aromatic heterocycles. The molecule has 0 heterocycles. The molecule has 8 nitrogen and oxygen atoms in total. The zero-order valence-corrected chi connectivity index (χ0v) is 32.0. The van der Waals surface area contributed by atoms with E-state index >= 15 is 0 Å². The molecule has 52 heavy (non-hydrogen) atoms. The highest BCUT2D eigenvalue weighted by Gasteiger charge is 2.23. The van der Waals surface area contributed by atoms with Gasteiger partial charge in [-0.25, -0.2) is 9.59 Å².